The van der Waals surface area contributed by atoms with Crippen molar-refractivity contribution in [3.05, 3.63) is 29.8 Å². The van der Waals surface area contributed by atoms with Crippen molar-refractivity contribution in [2.45, 2.75) is 13.8 Å². The molecule has 0 unspecified atom stereocenters. The van der Waals surface area contributed by atoms with Gasteiger partial charge < -0.3 is 4.84 Å². The average molecular weight is 182 g/mol. The Balaban J connectivity index is 2.88. The highest BCUT2D eigenvalue weighted by Gasteiger charge is 2.04. The van der Waals surface area contributed by atoms with Crippen molar-refractivity contribution in [2.24, 2.45) is 5.16 Å². The van der Waals surface area contributed by atoms with Gasteiger partial charge in [0.05, 0.1) is 11.9 Å². The van der Waals surface area contributed by atoms with E-state index in [0.29, 0.717) is 17.9 Å². The van der Waals surface area contributed by atoms with Gasteiger partial charge in [0.15, 0.2) is 5.82 Å². The third-order valence-corrected chi connectivity index (χ3v) is 1.49. The lowest BCUT2D eigenvalue weighted by molar-refractivity contribution is 0.159. The second-order valence-electron chi connectivity index (χ2n) is 2.45. The van der Waals surface area contributed by atoms with Crippen molar-refractivity contribution in [3.8, 4) is 0 Å². The van der Waals surface area contributed by atoms with Crippen molar-refractivity contribution in [2.75, 3.05) is 6.61 Å². The zero-order valence-corrected chi connectivity index (χ0v) is 7.62. The Labute approximate surface area is 76.2 Å². The second-order valence-corrected chi connectivity index (χ2v) is 2.45. The van der Waals surface area contributed by atoms with Crippen LogP contribution in [0.15, 0.2) is 23.6 Å². The van der Waals surface area contributed by atoms with Crippen LogP contribution >= 0.6 is 0 Å². The van der Waals surface area contributed by atoms with Crippen LogP contribution in [0.4, 0.5) is 4.39 Å². The van der Waals surface area contributed by atoms with E-state index in [4.69, 9.17) is 4.84 Å². The molecule has 1 heterocycles. The number of aromatic nitrogens is 1. The molecule has 1 rings (SSSR count). The van der Waals surface area contributed by atoms with Crippen LogP contribution in [-0.2, 0) is 4.84 Å². The summed E-state index contributed by atoms with van der Waals surface area (Å²) in [5, 5.41) is 3.72. The molecular formula is C9H11FN2O. The minimum atomic E-state index is -0.386. The fraction of sp³-hybridized carbons (Fsp3) is 0.333. The number of hydrogen-bond acceptors (Lipinski definition) is 3. The van der Waals surface area contributed by atoms with Crippen LogP contribution in [0.2, 0.25) is 0 Å². The third kappa shape index (κ3) is 2.50. The van der Waals surface area contributed by atoms with Gasteiger partial charge in [-0.2, -0.15) is 0 Å². The second kappa shape index (κ2) is 4.54. The molecule has 3 nitrogen and oxygen atoms in total. The Kier molecular flexibility index (Phi) is 3.37. The highest BCUT2D eigenvalue weighted by molar-refractivity contribution is 5.98. The van der Waals surface area contributed by atoms with E-state index in [9.17, 15) is 4.39 Å². The molecule has 0 radical (unpaired) electrons. The fourth-order valence-corrected chi connectivity index (χ4v) is 0.879. The molecule has 0 aromatic carbocycles. The summed E-state index contributed by atoms with van der Waals surface area (Å²) in [7, 11) is 0. The molecule has 70 valence electrons. The normalized spacial score (nSPS) is 11.5. The third-order valence-electron chi connectivity index (χ3n) is 1.49. The molecule has 0 saturated carbocycles. The van der Waals surface area contributed by atoms with E-state index in [1.54, 1.807) is 13.0 Å². The van der Waals surface area contributed by atoms with E-state index >= 15 is 0 Å². The lowest BCUT2D eigenvalue weighted by Gasteiger charge is -2.00. The molecule has 0 atom stereocenters. The summed E-state index contributed by atoms with van der Waals surface area (Å²) in [6, 6.07) is 1.56. The summed E-state index contributed by atoms with van der Waals surface area (Å²) in [6.45, 7) is 3.98. The highest BCUT2D eigenvalue weighted by Crippen LogP contribution is 2.05. The van der Waals surface area contributed by atoms with E-state index in [0.717, 1.165) is 6.20 Å². The van der Waals surface area contributed by atoms with Crippen LogP contribution < -0.4 is 0 Å². The smallest absolute Gasteiger partial charge is 0.150 e. The van der Waals surface area contributed by atoms with Crippen molar-refractivity contribution < 1.29 is 9.23 Å². The highest BCUT2D eigenvalue weighted by atomic mass is 19.1. The maximum absolute atomic E-state index is 13.1. The standard InChI is InChI=1S/C9H11FN2O/c1-3-13-12-7(2)8-4-5-11-6-9(8)10/h4-6H,3H2,1-2H3/b12-7-. The van der Waals surface area contributed by atoms with Gasteiger partial charge in [-0.05, 0) is 19.9 Å². The Hall–Kier alpha value is -1.45. The van der Waals surface area contributed by atoms with Crippen LogP contribution in [0.25, 0.3) is 0 Å². The van der Waals surface area contributed by atoms with Gasteiger partial charge in [0.1, 0.15) is 6.61 Å². The average Bonchev–Trinajstić information content (AvgIpc) is 2.15. The molecule has 0 aliphatic carbocycles. The van der Waals surface area contributed by atoms with Crippen molar-refractivity contribution in [1.82, 2.24) is 4.98 Å². The first kappa shape index (κ1) is 9.64. The van der Waals surface area contributed by atoms with Gasteiger partial charge in [0, 0.05) is 11.8 Å². The van der Waals surface area contributed by atoms with Crippen molar-refractivity contribution in [3.63, 3.8) is 0 Å². The Morgan fingerprint density at radius 1 is 1.69 bits per heavy atom. The molecule has 1 aromatic rings. The molecule has 0 amide bonds. The zero-order valence-electron chi connectivity index (χ0n) is 7.62. The predicted molar refractivity (Wildman–Crippen MR) is 48.0 cm³/mol. The maximum atomic E-state index is 13.1. The number of nitrogens with zero attached hydrogens (tertiary/aromatic N) is 2. The van der Waals surface area contributed by atoms with Crippen molar-refractivity contribution in [1.29, 1.82) is 0 Å². The molecule has 1 aromatic heterocycles. The van der Waals surface area contributed by atoms with E-state index in [2.05, 4.69) is 10.1 Å². The molecule has 0 N–H and O–H groups in total. The first-order valence-electron chi connectivity index (χ1n) is 4.02. The lowest BCUT2D eigenvalue weighted by Crippen LogP contribution is -2.00. The van der Waals surface area contributed by atoms with E-state index in [1.807, 2.05) is 6.92 Å². The largest absolute Gasteiger partial charge is 0.396 e. The molecule has 0 saturated heterocycles. The minimum Gasteiger partial charge on any atom is -0.396 e. The van der Waals surface area contributed by atoms with Crippen molar-refractivity contribution >= 4 is 5.71 Å². The first-order chi connectivity index (χ1) is 6.25. The van der Waals surface area contributed by atoms with Gasteiger partial charge >= 0.3 is 0 Å². The quantitative estimate of drug-likeness (QED) is 0.529. The van der Waals surface area contributed by atoms with Gasteiger partial charge in [-0.15, -0.1) is 0 Å². The number of rotatable bonds is 3. The topological polar surface area (TPSA) is 34.5 Å². The van der Waals surface area contributed by atoms with Crippen LogP contribution in [0, 0.1) is 5.82 Å². The van der Waals surface area contributed by atoms with E-state index < -0.39 is 0 Å². The maximum Gasteiger partial charge on any atom is 0.150 e. The molecule has 0 fully saturated rings. The fourth-order valence-electron chi connectivity index (χ4n) is 0.879. The minimum absolute atomic E-state index is 0.386. The molecule has 0 aliphatic rings. The molecule has 0 bridgehead atoms. The number of halogens is 1. The SMILES string of the molecule is CCO/N=C(/C)c1ccncc1F. The Morgan fingerprint density at radius 2 is 2.46 bits per heavy atom. The Morgan fingerprint density at radius 3 is 3.08 bits per heavy atom. The van der Waals surface area contributed by atoms with E-state index in [1.165, 1.54) is 6.20 Å². The van der Waals surface area contributed by atoms with Gasteiger partial charge in [-0.3, -0.25) is 4.98 Å². The summed E-state index contributed by atoms with van der Waals surface area (Å²) >= 11 is 0. The first-order valence-corrected chi connectivity index (χ1v) is 4.02. The predicted octanol–water partition coefficient (Wildman–Crippen LogP) is 1.98. The van der Waals surface area contributed by atoms with E-state index in [-0.39, 0.29) is 5.82 Å². The lowest BCUT2D eigenvalue weighted by atomic mass is 10.2. The number of hydrogen-bond donors (Lipinski definition) is 0. The monoisotopic (exact) mass is 182 g/mol. The van der Waals surface area contributed by atoms with Gasteiger partial charge in [0.2, 0.25) is 0 Å². The molecule has 13 heavy (non-hydrogen) atoms. The van der Waals surface area contributed by atoms with Gasteiger partial charge in [0.25, 0.3) is 0 Å². The zero-order chi connectivity index (χ0) is 9.68. The summed E-state index contributed by atoms with van der Waals surface area (Å²) in [5.74, 6) is -0.386. The molecular weight excluding hydrogens is 171 g/mol. The van der Waals surface area contributed by atoms with Gasteiger partial charge in [-0.25, -0.2) is 4.39 Å². The van der Waals surface area contributed by atoms with Crippen LogP contribution in [0.3, 0.4) is 0 Å². The molecule has 4 heteroatoms. The van der Waals surface area contributed by atoms with Gasteiger partial charge in [-0.1, -0.05) is 5.16 Å². The molecule has 0 aliphatic heterocycles. The van der Waals surface area contributed by atoms with Crippen LogP contribution in [-0.4, -0.2) is 17.3 Å². The summed E-state index contributed by atoms with van der Waals surface area (Å²) in [5.41, 5.74) is 0.935. The summed E-state index contributed by atoms with van der Waals surface area (Å²) in [4.78, 5) is 8.44. The Bertz CT molecular complexity index is 312. The summed E-state index contributed by atoms with van der Waals surface area (Å²) < 4.78 is 13.1. The van der Waals surface area contributed by atoms with Crippen LogP contribution in [0.1, 0.15) is 19.4 Å². The molecule has 0 spiro atoms. The number of pyridine rings is 1. The summed E-state index contributed by atoms with van der Waals surface area (Å²) in [6.07, 6.45) is 2.67. The number of oxime groups is 1. The van der Waals surface area contributed by atoms with Crippen LogP contribution in [0.5, 0.6) is 0 Å².